The first kappa shape index (κ1) is 25.4. The molecule has 0 bridgehead atoms. The molecule has 0 aromatic heterocycles. The van der Waals surface area contributed by atoms with Crippen molar-refractivity contribution in [1.29, 1.82) is 0 Å². The number of para-hydroxylation sites is 2. The summed E-state index contributed by atoms with van der Waals surface area (Å²) < 4.78 is 0. The molecule has 41 heavy (non-hydrogen) atoms. The van der Waals surface area contributed by atoms with Crippen molar-refractivity contribution in [2.24, 2.45) is 10.2 Å². The molecule has 0 unspecified atom stereocenters. The number of benzene rings is 5. The van der Waals surface area contributed by atoms with E-state index in [1.165, 1.54) is 5.56 Å². The minimum absolute atomic E-state index is 0.469. The van der Waals surface area contributed by atoms with Crippen LogP contribution in [0.1, 0.15) is 47.6 Å². The Bertz CT molecular complexity index is 1730. The highest BCUT2D eigenvalue weighted by molar-refractivity contribution is 8.15. The maximum Gasteiger partial charge on any atom is 0.234 e. The maximum absolute atomic E-state index is 5.49. The minimum Gasteiger partial charge on any atom is -0.223 e. The van der Waals surface area contributed by atoms with Crippen molar-refractivity contribution < 1.29 is 0 Å². The number of thioether (sulfide) groups is 1. The van der Waals surface area contributed by atoms with Crippen LogP contribution in [-0.2, 0) is 4.99 Å². The average Bonchev–Trinajstić information content (AvgIpc) is 3.44. The third-order valence-electron chi connectivity index (χ3n) is 7.61. The van der Waals surface area contributed by atoms with E-state index >= 15 is 0 Å². The summed E-state index contributed by atoms with van der Waals surface area (Å²) in [6, 6.07) is 48.8. The van der Waals surface area contributed by atoms with Crippen LogP contribution in [0.4, 0.5) is 11.4 Å². The van der Waals surface area contributed by atoms with Gasteiger partial charge in [-0.25, -0.2) is 10.0 Å². The van der Waals surface area contributed by atoms with Gasteiger partial charge in [-0.15, -0.1) is 0 Å². The predicted molar refractivity (Wildman–Crippen MR) is 173 cm³/mol. The Morgan fingerprint density at radius 2 is 1.10 bits per heavy atom. The molecule has 2 heterocycles. The van der Waals surface area contributed by atoms with Crippen molar-refractivity contribution in [1.82, 2.24) is 0 Å². The monoisotopic (exact) mass is 550 g/mol. The molecule has 5 aromatic rings. The minimum atomic E-state index is -0.786. The van der Waals surface area contributed by atoms with Crippen LogP contribution in [0.2, 0.25) is 0 Å². The second kappa shape index (κ2) is 10.4. The standard InChI is InChI=1S/C36H30N4S/c1-26(2)27-22-24-28(25-23-27)34-32-20-12-13-21-33(32)36(39(37-34)30-16-8-4-9-17-30)40(31-18-10-5-11-19-31)38-35(41-36)29-14-6-3-7-15-29/h3-26H,1-2H3/t36-/m0/s1. The highest BCUT2D eigenvalue weighted by Gasteiger charge is 2.55. The topological polar surface area (TPSA) is 31.2 Å². The van der Waals surface area contributed by atoms with Crippen molar-refractivity contribution in [2.75, 3.05) is 10.0 Å². The summed E-state index contributed by atoms with van der Waals surface area (Å²) in [5.74, 6) is 0.469. The van der Waals surface area contributed by atoms with Crippen molar-refractivity contribution in [3.05, 3.63) is 167 Å². The lowest BCUT2D eigenvalue weighted by atomic mass is 9.92. The van der Waals surface area contributed by atoms with Gasteiger partial charge in [0.25, 0.3) is 0 Å². The van der Waals surface area contributed by atoms with Crippen LogP contribution in [0.5, 0.6) is 0 Å². The molecule has 0 N–H and O–H groups in total. The van der Waals surface area contributed by atoms with E-state index in [1.54, 1.807) is 11.8 Å². The number of fused-ring (bicyclic) bond motifs is 2. The van der Waals surface area contributed by atoms with Gasteiger partial charge < -0.3 is 0 Å². The molecule has 4 nitrogen and oxygen atoms in total. The van der Waals surface area contributed by atoms with E-state index in [9.17, 15) is 0 Å². The SMILES string of the molecule is CC(C)c1ccc(C2=NN(c3ccccc3)[C@@]3(SC(c4ccccc4)=NN3c3ccccc3)c3ccccc32)cc1. The van der Waals surface area contributed by atoms with E-state index in [0.717, 1.165) is 44.4 Å². The van der Waals surface area contributed by atoms with E-state index in [4.69, 9.17) is 10.2 Å². The largest absolute Gasteiger partial charge is 0.234 e. The quantitative estimate of drug-likeness (QED) is 0.219. The van der Waals surface area contributed by atoms with Crippen LogP contribution in [-0.4, -0.2) is 10.8 Å². The van der Waals surface area contributed by atoms with E-state index in [2.05, 4.69) is 145 Å². The second-order valence-corrected chi connectivity index (χ2v) is 11.7. The van der Waals surface area contributed by atoms with Gasteiger partial charge in [0.15, 0.2) is 0 Å². The van der Waals surface area contributed by atoms with Crippen molar-refractivity contribution in [3.63, 3.8) is 0 Å². The van der Waals surface area contributed by atoms with Crippen LogP contribution >= 0.6 is 11.8 Å². The van der Waals surface area contributed by atoms with Crippen LogP contribution in [0.3, 0.4) is 0 Å². The van der Waals surface area contributed by atoms with Gasteiger partial charge >= 0.3 is 0 Å². The molecular formula is C36H30N4S. The Labute approximate surface area is 245 Å². The maximum atomic E-state index is 5.49. The summed E-state index contributed by atoms with van der Waals surface area (Å²) in [5, 5.41) is 16.1. The average molecular weight is 551 g/mol. The lowest BCUT2D eigenvalue weighted by Crippen LogP contribution is -2.54. The molecule has 200 valence electrons. The number of nitrogens with zero attached hydrogens (tertiary/aromatic N) is 4. The first-order valence-electron chi connectivity index (χ1n) is 14.0. The summed E-state index contributed by atoms with van der Waals surface area (Å²) in [4.78, 5) is -0.786. The lowest BCUT2D eigenvalue weighted by molar-refractivity contribution is 0.550. The second-order valence-electron chi connectivity index (χ2n) is 10.5. The van der Waals surface area contributed by atoms with Crippen LogP contribution in [0.25, 0.3) is 0 Å². The Kier molecular flexibility index (Phi) is 6.44. The molecule has 0 radical (unpaired) electrons. The number of rotatable bonds is 5. The molecular weight excluding hydrogens is 520 g/mol. The van der Waals surface area contributed by atoms with Gasteiger partial charge in [0, 0.05) is 22.3 Å². The molecule has 0 saturated carbocycles. The lowest BCUT2D eigenvalue weighted by Gasteiger charge is -2.47. The summed E-state index contributed by atoms with van der Waals surface area (Å²) >= 11 is 1.73. The number of anilines is 2. The molecule has 1 atom stereocenters. The highest BCUT2D eigenvalue weighted by Crippen LogP contribution is 2.55. The fourth-order valence-electron chi connectivity index (χ4n) is 5.51. The van der Waals surface area contributed by atoms with Gasteiger partial charge in [0.2, 0.25) is 4.99 Å². The summed E-state index contributed by atoms with van der Waals surface area (Å²) in [7, 11) is 0. The number of hydrogen-bond donors (Lipinski definition) is 0. The molecule has 5 aromatic carbocycles. The number of hydrogen-bond acceptors (Lipinski definition) is 5. The van der Waals surface area contributed by atoms with Gasteiger partial charge in [-0.2, -0.15) is 10.2 Å². The van der Waals surface area contributed by atoms with Gasteiger partial charge in [-0.05, 0) is 47.5 Å². The highest BCUT2D eigenvalue weighted by atomic mass is 32.2. The molecule has 5 heteroatoms. The Hall–Kier alpha value is -4.61. The molecule has 7 rings (SSSR count). The molecule has 0 aliphatic carbocycles. The van der Waals surface area contributed by atoms with Crippen LogP contribution in [0, 0.1) is 0 Å². The van der Waals surface area contributed by atoms with Crippen molar-refractivity contribution in [2.45, 2.75) is 24.8 Å². The van der Waals surface area contributed by atoms with Crippen molar-refractivity contribution >= 4 is 33.9 Å². The van der Waals surface area contributed by atoms with Gasteiger partial charge in [0.05, 0.1) is 17.1 Å². The smallest absolute Gasteiger partial charge is 0.223 e. The number of hydrazone groups is 2. The third-order valence-corrected chi connectivity index (χ3v) is 8.97. The Morgan fingerprint density at radius 1 is 0.561 bits per heavy atom. The molecule has 1 spiro atoms. The zero-order valence-electron chi connectivity index (χ0n) is 23.1. The van der Waals surface area contributed by atoms with Gasteiger partial charge in [-0.3, -0.25) is 0 Å². The van der Waals surface area contributed by atoms with Gasteiger partial charge in [0.1, 0.15) is 5.04 Å². The van der Waals surface area contributed by atoms with Crippen LogP contribution in [0.15, 0.2) is 150 Å². The first-order valence-corrected chi connectivity index (χ1v) is 14.8. The summed E-state index contributed by atoms with van der Waals surface area (Å²) in [6.07, 6.45) is 0. The summed E-state index contributed by atoms with van der Waals surface area (Å²) in [6.45, 7) is 4.45. The fraction of sp³-hybridized carbons (Fsp3) is 0.111. The van der Waals surface area contributed by atoms with Gasteiger partial charge in [-0.1, -0.05) is 129 Å². The third kappa shape index (κ3) is 4.34. The Balaban J connectivity index is 1.49. The molecule has 0 saturated heterocycles. The van der Waals surface area contributed by atoms with Crippen LogP contribution < -0.4 is 10.0 Å². The molecule has 2 aliphatic heterocycles. The first-order chi connectivity index (χ1) is 20.1. The normalized spacial score (nSPS) is 17.9. The summed E-state index contributed by atoms with van der Waals surface area (Å²) in [5.41, 5.74) is 8.69. The predicted octanol–water partition coefficient (Wildman–Crippen LogP) is 8.81. The van der Waals surface area contributed by atoms with E-state index in [-0.39, 0.29) is 0 Å². The molecule has 0 fully saturated rings. The van der Waals surface area contributed by atoms with E-state index in [1.807, 2.05) is 18.2 Å². The Morgan fingerprint density at radius 3 is 1.71 bits per heavy atom. The molecule has 0 amide bonds. The molecule has 2 aliphatic rings. The van der Waals surface area contributed by atoms with E-state index < -0.39 is 4.99 Å². The zero-order chi connectivity index (χ0) is 27.8. The van der Waals surface area contributed by atoms with Crippen molar-refractivity contribution in [3.8, 4) is 0 Å². The fourth-order valence-corrected chi connectivity index (χ4v) is 6.91. The zero-order valence-corrected chi connectivity index (χ0v) is 23.9. The van der Waals surface area contributed by atoms with E-state index in [0.29, 0.717) is 5.92 Å².